The standard InChI is InChI=1S/C41H48F3N9O4/c42-41(43,44)31-16-19-46-33(23-31)49-40(57)29-13-11-28(12-14-29)37-36-38(51-50-37)30(24-47-39(36)45)7-3-2-6-20-53(25-34(55)48-32-8-4-1-5-9-32)35(56)15-10-27-17-21-52(26-54)22-18-27/h3,7,11-14,16,19,23-24,26-27,32H,1-2,4-6,8-10,15,17-18,20-22,25H2,(H2,45,47)(H,48,55)(H,50,51)(H,46,49,57)/b7-3+. The maximum Gasteiger partial charge on any atom is 0.416 e. The third-order valence-electron chi connectivity index (χ3n) is 10.7. The van der Waals surface area contributed by atoms with E-state index in [1.165, 1.54) is 18.6 Å². The molecule has 1 aliphatic carbocycles. The van der Waals surface area contributed by atoms with E-state index >= 15 is 0 Å². The number of likely N-dealkylation sites (tertiary alicyclic amines) is 1. The van der Waals surface area contributed by atoms with E-state index in [4.69, 9.17) is 5.73 Å². The van der Waals surface area contributed by atoms with Crippen LogP contribution in [0, 0.1) is 5.92 Å². The molecule has 4 amide bonds. The van der Waals surface area contributed by atoms with Crippen LogP contribution in [0.5, 0.6) is 0 Å². The van der Waals surface area contributed by atoms with Crippen LogP contribution in [0.1, 0.15) is 92.1 Å². The summed E-state index contributed by atoms with van der Waals surface area (Å²) in [5, 5.41) is 13.6. The van der Waals surface area contributed by atoms with Crippen LogP contribution in [0.3, 0.4) is 0 Å². The molecule has 2 fully saturated rings. The average Bonchev–Trinajstić information content (AvgIpc) is 3.67. The van der Waals surface area contributed by atoms with Gasteiger partial charge in [-0.2, -0.15) is 18.3 Å². The number of halogens is 3. The molecule has 1 saturated carbocycles. The minimum Gasteiger partial charge on any atom is -0.383 e. The number of piperidine rings is 1. The van der Waals surface area contributed by atoms with Crippen LogP contribution in [0.2, 0.25) is 0 Å². The molecule has 302 valence electrons. The molecule has 16 heteroatoms. The number of allylic oxidation sites excluding steroid dienone is 1. The molecule has 4 aromatic rings. The number of nitrogens with one attached hydrogen (secondary N) is 3. The number of H-pyrrole nitrogens is 1. The topological polar surface area (TPSA) is 179 Å². The number of rotatable bonds is 15. The van der Waals surface area contributed by atoms with Crippen molar-refractivity contribution in [1.82, 2.24) is 35.3 Å². The van der Waals surface area contributed by atoms with Crippen molar-refractivity contribution in [2.45, 2.75) is 82.8 Å². The molecule has 0 bridgehead atoms. The summed E-state index contributed by atoms with van der Waals surface area (Å²) in [6, 6.07) is 8.16. The minimum atomic E-state index is -4.57. The SMILES string of the molecule is Nc1ncc(/C=C/CCCN(CC(=O)NC2CCCCC2)C(=O)CCC2CCN(C=O)CC2)c2n[nH]c(-c3ccc(C(=O)Nc4cc(C(F)(F)F)ccn4)cc3)c12. The van der Waals surface area contributed by atoms with Crippen LogP contribution in [-0.2, 0) is 20.6 Å². The summed E-state index contributed by atoms with van der Waals surface area (Å²) < 4.78 is 39.3. The van der Waals surface area contributed by atoms with Crippen molar-refractivity contribution in [1.29, 1.82) is 0 Å². The lowest BCUT2D eigenvalue weighted by atomic mass is 9.92. The largest absolute Gasteiger partial charge is 0.416 e. The number of aromatic amines is 1. The predicted octanol–water partition coefficient (Wildman–Crippen LogP) is 6.59. The van der Waals surface area contributed by atoms with E-state index in [-0.39, 0.29) is 41.6 Å². The second kappa shape index (κ2) is 18.9. The number of anilines is 2. The fraction of sp³-hybridized carbons (Fsp3) is 0.439. The van der Waals surface area contributed by atoms with Gasteiger partial charge in [-0.1, -0.05) is 43.5 Å². The van der Waals surface area contributed by atoms with Gasteiger partial charge in [-0.3, -0.25) is 24.3 Å². The fourth-order valence-electron chi connectivity index (χ4n) is 7.48. The lowest BCUT2D eigenvalue weighted by Crippen LogP contribution is -2.45. The first kappa shape index (κ1) is 40.9. The number of fused-ring (bicyclic) bond motifs is 1. The number of pyridine rings is 2. The Morgan fingerprint density at radius 1 is 1.02 bits per heavy atom. The van der Waals surface area contributed by atoms with Crippen LogP contribution >= 0.6 is 0 Å². The van der Waals surface area contributed by atoms with E-state index in [1.807, 2.05) is 12.2 Å². The number of benzene rings is 1. The Morgan fingerprint density at radius 3 is 2.49 bits per heavy atom. The van der Waals surface area contributed by atoms with Gasteiger partial charge in [-0.25, -0.2) is 9.97 Å². The Kier molecular flexibility index (Phi) is 13.5. The molecule has 1 saturated heterocycles. The number of unbranched alkanes of at least 4 members (excludes halogenated alkanes) is 1. The van der Waals surface area contributed by atoms with Crippen molar-refractivity contribution in [2.24, 2.45) is 5.92 Å². The smallest absolute Gasteiger partial charge is 0.383 e. The minimum absolute atomic E-state index is 0.0276. The highest BCUT2D eigenvalue weighted by Crippen LogP contribution is 2.33. The number of amides is 4. The van der Waals surface area contributed by atoms with Gasteiger partial charge in [-0.05, 0) is 75.1 Å². The quantitative estimate of drug-likeness (QED) is 0.0770. The molecule has 0 radical (unpaired) electrons. The molecule has 0 atom stereocenters. The molecular weight excluding hydrogens is 740 g/mol. The normalized spacial score (nSPS) is 15.5. The summed E-state index contributed by atoms with van der Waals surface area (Å²) in [5.74, 6) is -0.382. The third kappa shape index (κ3) is 11.0. The van der Waals surface area contributed by atoms with Gasteiger partial charge in [0, 0.05) is 61.2 Å². The third-order valence-corrected chi connectivity index (χ3v) is 10.7. The summed E-state index contributed by atoms with van der Waals surface area (Å²) in [5.41, 5.74) is 8.12. The Labute approximate surface area is 328 Å². The number of nitrogens with zero attached hydrogens (tertiary/aromatic N) is 5. The number of hydrogen-bond donors (Lipinski definition) is 4. The number of nitrogens with two attached hydrogens (primary N) is 1. The molecule has 5 N–H and O–H groups in total. The highest BCUT2D eigenvalue weighted by Gasteiger charge is 2.31. The van der Waals surface area contributed by atoms with Crippen LogP contribution in [0.15, 0.2) is 54.9 Å². The first-order valence-corrected chi connectivity index (χ1v) is 19.5. The number of carbonyl (C=O) groups excluding carboxylic acids is 4. The zero-order valence-electron chi connectivity index (χ0n) is 31.7. The van der Waals surface area contributed by atoms with Crippen LogP contribution in [0.4, 0.5) is 24.8 Å². The highest BCUT2D eigenvalue weighted by molar-refractivity contribution is 6.05. The summed E-state index contributed by atoms with van der Waals surface area (Å²) in [7, 11) is 0. The van der Waals surface area contributed by atoms with Crippen LogP contribution in [0.25, 0.3) is 28.2 Å². The molecule has 3 aromatic heterocycles. The van der Waals surface area contributed by atoms with Gasteiger partial charge in [-0.15, -0.1) is 0 Å². The summed E-state index contributed by atoms with van der Waals surface area (Å²) in [4.78, 5) is 62.0. The predicted molar refractivity (Wildman–Crippen MR) is 210 cm³/mol. The Morgan fingerprint density at radius 2 is 1.77 bits per heavy atom. The van der Waals surface area contributed by atoms with Crippen molar-refractivity contribution in [3.63, 3.8) is 0 Å². The number of carbonyl (C=O) groups is 4. The van der Waals surface area contributed by atoms with Gasteiger partial charge in [0.1, 0.15) is 17.2 Å². The van der Waals surface area contributed by atoms with Crippen molar-refractivity contribution >= 4 is 52.7 Å². The molecular formula is C41H48F3N9O4. The highest BCUT2D eigenvalue weighted by atomic mass is 19.4. The molecule has 0 spiro atoms. The summed E-state index contributed by atoms with van der Waals surface area (Å²) in [6.45, 7) is 1.87. The van der Waals surface area contributed by atoms with Gasteiger partial charge < -0.3 is 26.2 Å². The lowest BCUT2D eigenvalue weighted by Gasteiger charge is -2.30. The maximum absolute atomic E-state index is 13.5. The zero-order chi connectivity index (χ0) is 40.4. The first-order chi connectivity index (χ1) is 27.5. The van der Waals surface area contributed by atoms with Crippen molar-refractivity contribution in [3.8, 4) is 11.3 Å². The molecule has 57 heavy (non-hydrogen) atoms. The molecule has 0 unspecified atom stereocenters. The maximum atomic E-state index is 13.5. The van der Waals surface area contributed by atoms with E-state index < -0.39 is 17.6 Å². The molecule has 2 aliphatic rings. The average molecular weight is 788 g/mol. The first-order valence-electron chi connectivity index (χ1n) is 19.5. The number of aromatic nitrogens is 4. The Bertz CT molecular complexity index is 2050. The Hall–Kier alpha value is -5.80. The summed E-state index contributed by atoms with van der Waals surface area (Å²) >= 11 is 0. The lowest BCUT2D eigenvalue weighted by molar-refractivity contribution is -0.137. The van der Waals surface area contributed by atoms with E-state index in [0.717, 1.165) is 69.7 Å². The molecule has 1 aromatic carbocycles. The number of alkyl halides is 3. The monoisotopic (exact) mass is 787 g/mol. The fourth-order valence-corrected chi connectivity index (χ4v) is 7.48. The van der Waals surface area contributed by atoms with E-state index in [9.17, 15) is 32.3 Å². The zero-order valence-corrected chi connectivity index (χ0v) is 31.7. The van der Waals surface area contributed by atoms with Crippen LogP contribution < -0.4 is 16.4 Å². The van der Waals surface area contributed by atoms with E-state index in [0.29, 0.717) is 72.5 Å². The van der Waals surface area contributed by atoms with Crippen LogP contribution in [-0.4, -0.2) is 86.3 Å². The molecule has 1 aliphatic heterocycles. The number of nitrogen functional groups attached to an aromatic ring is 1. The van der Waals surface area contributed by atoms with Gasteiger partial charge in [0.05, 0.1) is 23.2 Å². The van der Waals surface area contributed by atoms with E-state index in [2.05, 4.69) is 30.8 Å². The van der Waals surface area contributed by atoms with Crippen molar-refractivity contribution in [2.75, 3.05) is 37.2 Å². The van der Waals surface area contributed by atoms with Gasteiger partial charge in [0.15, 0.2) is 0 Å². The second-order valence-corrected chi connectivity index (χ2v) is 14.8. The van der Waals surface area contributed by atoms with Gasteiger partial charge >= 0.3 is 6.18 Å². The Balaban J connectivity index is 1.07. The molecule has 13 nitrogen and oxygen atoms in total. The molecule has 4 heterocycles. The number of hydrogen-bond acceptors (Lipinski definition) is 8. The molecule has 6 rings (SSSR count). The van der Waals surface area contributed by atoms with E-state index in [1.54, 1.807) is 28.1 Å². The second-order valence-electron chi connectivity index (χ2n) is 14.8. The summed E-state index contributed by atoms with van der Waals surface area (Å²) in [6.07, 6.45) is 12.2. The van der Waals surface area contributed by atoms with Gasteiger partial charge in [0.2, 0.25) is 18.2 Å². The van der Waals surface area contributed by atoms with Crippen molar-refractivity contribution < 1.29 is 32.3 Å². The van der Waals surface area contributed by atoms with Gasteiger partial charge in [0.25, 0.3) is 5.91 Å². The van der Waals surface area contributed by atoms with Crippen molar-refractivity contribution in [3.05, 3.63) is 71.6 Å².